The minimum atomic E-state index is -0.366. The lowest BCUT2D eigenvalue weighted by Gasteiger charge is -2.24. The van der Waals surface area contributed by atoms with Crippen LogP contribution in [0.1, 0.15) is 5.69 Å². The SMILES string of the molecule is O=C(NCc1ccccn1)[C@]12CNC[C@H]1COC2. The third-order valence-electron chi connectivity index (χ3n) is 3.90. The van der Waals surface area contributed by atoms with Gasteiger partial charge in [0.15, 0.2) is 0 Å². The highest BCUT2D eigenvalue weighted by Crippen LogP contribution is 2.37. The fourth-order valence-electron chi connectivity index (χ4n) is 2.76. The van der Waals surface area contributed by atoms with Crippen molar-refractivity contribution in [2.75, 3.05) is 26.3 Å². The molecular weight excluding hydrogens is 230 g/mol. The number of carbonyl (C=O) groups is 1. The van der Waals surface area contributed by atoms with Crippen molar-refractivity contribution in [1.29, 1.82) is 0 Å². The van der Waals surface area contributed by atoms with Crippen LogP contribution in [0.4, 0.5) is 0 Å². The highest BCUT2D eigenvalue weighted by molar-refractivity contribution is 5.84. The van der Waals surface area contributed by atoms with Crippen LogP contribution in [0, 0.1) is 11.3 Å². The average molecular weight is 247 g/mol. The van der Waals surface area contributed by atoms with Crippen molar-refractivity contribution in [2.24, 2.45) is 11.3 Å². The van der Waals surface area contributed by atoms with Gasteiger partial charge in [0.1, 0.15) is 0 Å². The van der Waals surface area contributed by atoms with Gasteiger partial charge in [-0.05, 0) is 12.1 Å². The fraction of sp³-hybridized carbons (Fsp3) is 0.538. The first-order valence-corrected chi connectivity index (χ1v) is 6.28. The van der Waals surface area contributed by atoms with Crippen molar-refractivity contribution in [3.8, 4) is 0 Å². The normalized spacial score (nSPS) is 30.1. The quantitative estimate of drug-likeness (QED) is 0.785. The van der Waals surface area contributed by atoms with Gasteiger partial charge in [0.2, 0.25) is 5.91 Å². The van der Waals surface area contributed by atoms with E-state index in [9.17, 15) is 4.79 Å². The third-order valence-corrected chi connectivity index (χ3v) is 3.90. The van der Waals surface area contributed by atoms with Crippen LogP contribution in [0.2, 0.25) is 0 Å². The summed E-state index contributed by atoms with van der Waals surface area (Å²) in [5.74, 6) is 0.391. The Kier molecular flexibility index (Phi) is 3.01. The maximum absolute atomic E-state index is 12.4. The Morgan fingerprint density at radius 2 is 2.56 bits per heavy atom. The molecule has 1 aromatic rings. The summed E-state index contributed by atoms with van der Waals surface area (Å²) in [6.45, 7) is 3.28. The second kappa shape index (κ2) is 4.66. The molecule has 0 aromatic carbocycles. The number of fused-ring (bicyclic) bond motifs is 1. The molecule has 0 spiro atoms. The van der Waals surface area contributed by atoms with Crippen molar-refractivity contribution < 1.29 is 9.53 Å². The van der Waals surface area contributed by atoms with Crippen molar-refractivity contribution in [3.05, 3.63) is 30.1 Å². The number of pyridine rings is 1. The average Bonchev–Trinajstić information content (AvgIpc) is 2.97. The minimum Gasteiger partial charge on any atom is -0.380 e. The number of nitrogens with one attached hydrogen (secondary N) is 2. The molecule has 2 atom stereocenters. The van der Waals surface area contributed by atoms with E-state index < -0.39 is 0 Å². The molecule has 2 aliphatic heterocycles. The first-order chi connectivity index (χ1) is 8.81. The van der Waals surface area contributed by atoms with Crippen molar-refractivity contribution in [1.82, 2.24) is 15.6 Å². The van der Waals surface area contributed by atoms with Gasteiger partial charge in [-0.25, -0.2) is 0 Å². The Morgan fingerprint density at radius 1 is 1.61 bits per heavy atom. The number of ether oxygens (including phenoxy) is 1. The molecule has 96 valence electrons. The number of amides is 1. The lowest BCUT2D eigenvalue weighted by molar-refractivity contribution is -0.131. The summed E-state index contributed by atoms with van der Waals surface area (Å²) in [5.41, 5.74) is 0.512. The van der Waals surface area contributed by atoms with Crippen LogP contribution in [0.15, 0.2) is 24.4 Å². The second-order valence-corrected chi connectivity index (χ2v) is 5.00. The molecule has 1 amide bonds. The topological polar surface area (TPSA) is 63.2 Å². The number of hydrogen-bond acceptors (Lipinski definition) is 4. The highest BCUT2D eigenvalue weighted by Gasteiger charge is 2.52. The summed E-state index contributed by atoms with van der Waals surface area (Å²) >= 11 is 0. The summed E-state index contributed by atoms with van der Waals surface area (Å²) in [5, 5.41) is 6.27. The predicted octanol–water partition coefficient (Wildman–Crippen LogP) is -0.0662. The maximum atomic E-state index is 12.4. The number of aromatic nitrogens is 1. The van der Waals surface area contributed by atoms with Crippen LogP contribution in [0.5, 0.6) is 0 Å². The predicted molar refractivity (Wildman–Crippen MR) is 65.7 cm³/mol. The second-order valence-electron chi connectivity index (χ2n) is 5.00. The van der Waals surface area contributed by atoms with E-state index in [2.05, 4.69) is 15.6 Å². The van der Waals surface area contributed by atoms with E-state index in [0.717, 1.165) is 12.2 Å². The van der Waals surface area contributed by atoms with E-state index in [0.29, 0.717) is 32.2 Å². The number of carbonyl (C=O) groups excluding carboxylic acids is 1. The molecule has 3 rings (SSSR count). The Balaban J connectivity index is 1.65. The lowest BCUT2D eigenvalue weighted by atomic mass is 9.80. The lowest BCUT2D eigenvalue weighted by Crippen LogP contribution is -2.46. The third kappa shape index (κ3) is 1.89. The van der Waals surface area contributed by atoms with Crippen LogP contribution in [-0.2, 0) is 16.1 Å². The number of nitrogens with zero attached hydrogens (tertiary/aromatic N) is 1. The van der Waals surface area contributed by atoms with E-state index in [4.69, 9.17) is 4.74 Å². The molecule has 0 saturated carbocycles. The van der Waals surface area contributed by atoms with Gasteiger partial charge in [-0.2, -0.15) is 0 Å². The summed E-state index contributed by atoms with van der Waals surface area (Å²) in [6, 6.07) is 5.70. The molecule has 5 heteroatoms. The van der Waals surface area contributed by atoms with Crippen molar-refractivity contribution in [2.45, 2.75) is 6.54 Å². The standard InChI is InChI=1S/C13H17N3O2/c17-12(16-6-11-3-1-2-4-15-11)13-8-14-5-10(13)7-18-9-13/h1-4,10,14H,5-9H2,(H,16,17)/t10-,13-/m0/s1. The van der Waals surface area contributed by atoms with Crippen LogP contribution in [-0.4, -0.2) is 37.2 Å². The zero-order valence-electron chi connectivity index (χ0n) is 10.2. The molecule has 1 aromatic heterocycles. The molecular formula is C13H17N3O2. The highest BCUT2D eigenvalue weighted by atomic mass is 16.5. The largest absolute Gasteiger partial charge is 0.380 e. The van der Waals surface area contributed by atoms with Gasteiger partial charge < -0.3 is 15.4 Å². The Morgan fingerprint density at radius 3 is 3.39 bits per heavy atom. The molecule has 2 aliphatic rings. The van der Waals surface area contributed by atoms with Crippen LogP contribution < -0.4 is 10.6 Å². The van der Waals surface area contributed by atoms with E-state index in [1.807, 2.05) is 18.2 Å². The van der Waals surface area contributed by atoms with Gasteiger partial charge in [-0.1, -0.05) is 6.07 Å². The van der Waals surface area contributed by atoms with Crippen molar-refractivity contribution in [3.63, 3.8) is 0 Å². The van der Waals surface area contributed by atoms with Gasteiger partial charge in [-0.3, -0.25) is 9.78 Å². The molecule has 2 N–H and O–H groups in total. The van der Waals surface area contributed by atoms with Crippen LogP contribution in [0.25, 0.3) is 0 Å². The van der Waals surface area contributed by atoms with Gasteiger partial charge in [0.05, 0.1) is 30.9 Å². The van der Waals surface area contributed by atoms with E-state index >= 15 is 0 Å². The van der Waals surface area contributed by atoms with Gasteiger partial charge in [0.25, 0.3) is 0 Å². The molecule has 2 fully saturated rings. The maximum Gasteiger partial charge on any atom is 0.230 e. The van der Waals surface area contributed by atoms with Crippen molar-refractivity contribution >= 4 is 5.91 Å². The molecule has 0 bridgehead atoms. The summed E-state index contributed by atoms with van der Waals surface area (Å²) in [7, 11) is 0. The smallest absolute Gasteiger partial charge is 0.230 e. The molecule has 5 nitrogen and oxygen atoms in total. The molecule has 18 heavy (non-hydrogen) atoms. The molecule has 0 unspecified atom stereocenters. The van der Waals surface area contributed by atoms with E-state index in [-0.39, 0.29) is 11.3 Å². The molecule has 0 aliphatic carbocycles. The van der Waals surface area contributed by atoms with Gasteiger partial charge in [-0.15, -0.1) is 0 Å². The Bertz CT molecular complexity index is 425. The zero-order valence-corrected chi connectivity index (χ0v) is 10.2. The van der Waals surface area contributed by atoms with Crippen LogP contribution in [0.3, 0.4) is 0 Å². The monoisotopic (exact) mass is 247 g/mol. The number of rotatable bonds is 3. The summed E-state index contributed by atoms with van der Waals surface area (Å²) < 4.78 is 5.47. The summed E-state index contributed by atoms with van der Waals surface area (Å²) in [6.07, 6.45) is 1.73. The van der Waals surface area contributed by atoms with Crippen LogP contribution >= 0.6 is 0 Å². The number of hydrogen-bond donors (Lipinski definition) is 2. The Hall–Kier alpha value is -1.46. The first kappa shape index (κ1) is 11.6. The molecule has 2 saturated heterocycles. The zero-order chi connectivity index (χ0) is 12.4. The molecule has 3 heterocycles. The first-order valence-electron chi connectivity index (χ1n) is 6.28. The van der Waals surface area contributed by atoms with Gasteiger partial charge in [0, 0.05) is 25.2 Å². The van der Waals surface area contributed by atoms with Gasteiger partial charge >= 0.3 is 0 Å². The van der Waals surface area contributed by atoms with E-state index in [1.165, 1.54) is 0 Å². The van der Waals surface area contributed by atoms with E-state index in [1.54, 1.807) is 6.20 Å². The molecule has 0 radical (unpaired) electrons. The Labute approximate surface area is 106 Å². The fourth-order valence-corrected chi connectivity index (χ4v) is 2.76. The minimum absolute atomic E-state index is 0.0839. The summed E-state index contributed by atoms with van der Waals surface area (Å²) in [4.78, 5) is 16.6.